The van der Waals surface area contributed by atoms with Gasteiger partial charge in [0.05, 0.1) is 18.4 Å². The van der Waals surface area contributed by atoms with Crippen LogP contribution in [0.1, 0.15) is 22.7 Å². The summed E-state index contributed by atoms with van der Waals surface area (Å²) < 4.78 is 0. The average molecular weight is 332 g/mol. The van der Waals surface area contributed by atoms with Crippen molar-refractivity contribution < 1.29 is 10.2 Å². The monoisotopic (exact) mass is 332 g/mol. The van der Waals surface area contributed by atoms with E-state index in [4.69, 9.17) is 0 Å². The van der Waals surface area contributed by atoms with Crippen LogP contribution < -0.4 is 0 Å². The van der Waals surface area contributed by atoms with Crippen LogP contribution in [-0.4, -0.2) is 34.6 Å². The number of hydrazone groups is 1. The maximum absolute atomic E-state index is 10.4. The third-order valence-corrected chi connectivity index (χ3v) is 4.89. The molecule has 2 atom stereocenters. The van der Waals surface area contributed by atoms with E-state index in [1.165, 1.54) is 0 Å². The summed E-state index contributed by atoms with van der Waals surface area (Å²) in [5, 5.41) is 29.0. The molecule has 1 aliphatic rings. The Hall–Kier alpha value is -2.85. The maximum atomic E-state index is 10.4. The molecule has 126 valence electrons. The number of phenolic OH excluding ortho intramolecular Hbond substituents is 1. The van der Waals surface area contributed by atoms with Gasteiger partial charge in [0.15, 0.2) is 0 Å². The molecule has 4 heteroatoms. The summed E-state index contributed by atoms with van der Waals surface area (Å²) in [7, 11) is 1.86. The Kier molecular flexibility index (Phi) is 3.90. The van der Waals surface area contributed by atoms with Gasteiger partial charge in [-0.15, -0.1) is 0 Å². The SMILES string of the molecule is CN(/N=C/c1c(O)ccc2ccccc12)[C@@H]1c2ccccc2C[C@@H]1O. The summed E-state index contributed by atoms with van der Waals surface area (Å²) in [5.41, 5.74) is 2.96. The van der Waals surface area contributed by atoms with Gasteiger partial charge in [-0.25, -0.2) is 0 Å². The molecule has 0 aromatic heterocycles. The third-order valence-electron chi connectivity index (χ3n) is 4.89. The first kappa shape index (κ1) is 15.7. The van der Waals surface area contributed by atoms with Gasteiger partial charge in [0.1, 0.15) is 5.75 Å². The van der Waals surface area contributed by atoms with Gasteiger partial charge < -0.3 is 10.2 Å². The summed E-state index contributed by atoms with van der Waals surface area (Å²) in [6, 6.07) is 19.4. The number of fused-ring (bicyclic) bond motifs is 2. The van der Waals surface area contributed by atoms with Crippen LogP contribution in [0.4, 0.5) is 0 Å². The molecule has 3 aromatic rings. The van der Waals surface area contributed by atoms with E-state index in [0.717, 1.165) is 21.9 Å². The summed E-state index contributed by atoms with van der Waals surface area (Å²) in [6.45, 7) is 0. The van der Waals surface area contributed by atoms with Crippen molar-refractivity contribution in [3.63, 3.8) is 0 Å². The Morgan fingerprint density at radius 1 is 1.04 bits per heavy atom. The van der Waals surface area contributed by atoms with E-state index < -0.39 is 6.10 Å². The third kappa shape index (κ3) is 2.75. The lowest BCUT2D eigenvalue weighted by atomic mass is 10.0. The Morgan fingerprint density at radius 2 is 1.80 bits per heavy atom. The Morgan fingerprint density at radius 3 is 2.68 bits per heavy atom. The molecule has 0 saturated heterocycles. The smallest absolute Gasteiger partial charge is 0.125 e. The number of aromatic hydroxyl groups is 1. The van der Waals surface area contributed by atoms with Crippen LogP contribution in [0, 0.1) is 0 Å². The van der Waals surface area contributed by atoms with Crippen molar-refractivity contribution in [3.8, 4) is 5.75 Å². The van der Waals surface area contributed by atoms with E-state index in [-0.39, 0.29) is 11.8 Å². The number of aliphatic hydroxyl groups is 1. The van der Waals surface area contributed by atoms with E-state index in [0.29, 0.717) is 12.0 Å². The van der Waals surface area contributed by atoms with Crippen LogP contribution in [0.2, 0.25) is 0 Å². The first-order valence-corrected chi connectivity index (χ1v) is 8.38. The van der Waals surface area contributed by atoms with Gasteiger partial charge in [0, 0.05) is 19.0 Å². The first-order valence-electron chi connectivity index (χ1n) is 8.38. The van der Waals surface area contributed by atoms with Gasteiger partial charge in [-0.05, 0) is 28.0 Å². The molecule has 0 fully saturated rings. The number of benzene rings is 3. The van der Waals surface area contributed by atoms with E-state index in [1.807, 2.05) is 61.6 Å². The van der Waals surface area contributed by atoms with Crippen molar-refractivity contribution in [1.82, 2.24) is 5.01 Å². The van der Waals surface area contributed by atoms with Crippen molar-refractivity contribution in [2.75, 3.05) is 7.05 Å². The van der Waals surface area contributed by atoms with Gasteiger partial charge in [0.2, 0.25) is 0 Å². The number of nitrogens with zero attached hydrogens (tertiary/aromatic N) is 2. The number of aliphatic hydroxyl groups excluding tert-OH is 1. The first-order chi connectivity index (χ1) is 12.1. The van der Waals surface area contributed by atoms with Crippen LogP contribution in [-0.2, 0) is 6.42 Å². The molecule has 1 aliphatic carbocycles. The fourth-order valence-corrected chi connectivity index (χ4v) is 3.64. The molecule has 0 unspecified atom stereocenters. The van der Waals surface area contributed by atoms with Crippen molar-refractivity contribution in [2.45, 2.75) is 18.6 Å². The number of rotatable bonds is 3. The van der Waals surface area contributed by atoms with Gasteiger partial charge in [0.25, 0.3) is 0 Å². The van der Waals surface area contributed by atoms with E-state index >= 15 is 0 Å². The summed E-state index contributed by atoms with van der Waals surface area (Å²) in [6.07, 6.45) is 1.83. The molecule has 2 N–H and O–H groups in total. The van der Waals surface area contributed by atoms with Crippen LogP contribution in [0.25, 0.3) is 10.8 Å². The zero-order chi connectivity index (χ0) is 17.4. The molecule has 25 heavy (non-hydrogen) atoms. The van der Waals surface area contributed by atoms with Gasteiger partial charge in [-0.1, -0.05) is 54.6 Å². The number of phenols is 1. The lowest BCUT2D eigenvalue weighted by Gasteiger charge is -2.25. The fourth-order valence-electron chi connectivity index (χ4n) is 3.64. The van der Waals surface area contributed by atoms with Crippen LogP contribution in [0.5, 0.6) is 5.75 Å². The Labute approximate surface area is 146 Å². The second-order valence-electron chi connectivity index (χ2n) is 6.45. The highest BCUT2D eigenvalue weighted by atomic mass is 16.3. The van der Waals surface area contributed by atoms with E-state index in [9.17, 15) is 10.2 Å². The molecule has 0 heterocycles. The van der Waals surface area contributed by atoms with E-state index in [1.54, 1.807) is 17.3 Å². The zero-order valence-electron chi connectivity index (χ0n) is 14.0. The van der Waals surface area contributed by atoms with Gasteiger partial charge >= 0.3 is 0 Å². The maximum Gasteiger partial charge on any atom is 0.125 e. The molecule has 0 radical (unpaired) electrons. The van der Waals surface area contributed by atoms with Crippen molar-refractivity contribution in [3.05, 3.63) is 77.4 Å². The minimum Gasteiger partial charge on any atom is -0.507 e. The molecule has 0 amide bonds. The number of hydrogen-bond donors (Lipinski definition) is 2. The Balaban J connectivity index is 1.68. The second-order valence-corrected chi connectivity index (χ2v) is 6.45. The summed E-state index contributed by atoms with van der Waals surface area (Å²) in [5.74, 6) is 0.197. The summed E-state index contributed by atoms with van der Waals surface area (Å²) in [4.78, 5) is 0. The van der Waals surface area contributed by atoms with Crippen molar-refractivity contribution in [2.24, 2.45) is 5.10 Å². The minimum absolute atomic E-state index is 0.176. The molecule has 4 rings (SSSR count). The molecule has 0 saturated carbocycles. The number of likely N-dealkylation sites (N-methyl/N-ethyl adjacent to an activating group) is 1. The largest absolute Gasteiger partial charge is 0.507 e. The highest BCUT2D eigenvalue weighted by Crippen LogP contribution is 2.35. The normalized spacial score (nSPS) is 19.4. The highest BCUT2D eigenvalue weighted by molar-refractivity contribution is 6.02. The van der Waals surface area contributed by atoms with Crippen molar-refractivity contribution >= 4 is 17.0 Å². The van der Waals surface area contributed by atoms with Gasteiger partial charge in [-0.2, -0.15) is 5.10 Å². The zero-order valence-corrected chi connectivity index (χ0v) is 14.0. The van der Waals surface area contributed by atoms with Crippen LogP contribution >= 0.6 is 0 Å². The highest BCUT2D eigenvalue weighted by Gasteiger charge is 2.33. The second kappa shape index (κ2) is 6.22. The molecule has 4 nitrogen and oxygen atoms in total. The molecule has 0 bridgehead atoms. The fraction of sp³-hybridized carbons (Fsp3) is 0.190. The van der Waals surface area contributed by atoms with Crippen molar-refractivity contribution in [1.29, 1.82) is 0 Å². The standard InChI is InChI=1S/C21H20N2O2/c1-23(21-17-9-5-3-7-15(17)12-20(21)25)22-13-18-16-8-4-2-6-14(16)10-11-19(18)24/h2-11,13,20-21,24-25H,12H2,1H3/b22-13+/t20-,21+/m0/s1. The molecule has 0 aliphatic heterocycles. The topological polar surface area (TPSA) is 56.1 Å². The predicted molar refractivity (Wildman–Crippen MR) is 99.9 cm³/mol. The predicted octanol–water partition coefficient (Wildman–Crippen LogP) is 3.47. The molecule has 0 spiro atoms. The minimum atomic E-state index is -0.485. The number of hydrogen-bond acceptors (Lipinski definition) is 4. The molecular weight excluding hydrogens is 312 g/mol. The van der Waals surface area contributed by atoms with Crippen LogP contribution in [0.15, 0.2) is 65.8 Å². The van der Waals surface area contributed by atoms with E-state index in [2.05, 4.69) is 5.10 Å². The quantitative estimate of drug-likeness (QED) is 0.570. The van der Waals surface area contributed by atoms with Gasteiger partial charge in [-0.3, -0.25) is 5.01 Å². The Bertz CT molecular complexity index is 952. The van der Waals surface area contributed by atoms with Crippen LogP contribution in [0.3, 0.4) is 0 Å². The molecule has 3 aromatic carbocycles. The lowest BCUT2D eigenvalue weighted by Crippen LogP contribution is -2.27. The lowest BCUT2D eigenvalue weighted by molar-refractivity contribution is 0.0787. The summed E-state index contributed by atoms with van der Waals surface area (Å²) >= 11 is 0. The molecular formula is C21H20N2O2. The average Bonchev–Trinajstić information content (AvgIpc) is 2.96.